The van der Waals surface area contributed by atoms with Gasteiger partial charge in [-0.05, 0) is 42.6 Å². The summed E-state index contributed by atoms with van der Waals surface area (Å²) in [5.74, 6) is 1.14. The molecule has 0 amide bonds. The number of halogens is 1. The smallest absolute Gasteiger partial charge is 0.208 e. The van der Waals surface area contributed by atoms with Gasteiger partial charge in [-0.2, -0.15) is 9.97 Å². The van der Waals surface area contributed by atoms with Crippen molar-refractivity contribution >= 4 is 17.2 Å². The summed E-state index contributed by atoms with van der Waals surface area (Å²) in [5, 5.41) is 0.189. The molecule has 0 fully saturated rings. The molecule has 0 saturated carbocycles. The normalized spacial score (nSPS) is 11.9. The summed E-state index contributed by atoms with van der Waals surface area (Å²) in [6.45, 7) is 3.90. The first-order chi connectivity index (χ1) is 12.2. The SMILES string of the molecule is C/C=C\C(=C/C)c1nc(Cl)nc(-c2cccc(-c3ccccc3)c2)n1. The zero-order chi connectivity index (χ0) is 17.6. The van der Waals surface area contributed by atoms with Crippen LogP contribution in [0.5, 0.6) is 0 Å². The zero-order valence-corrected chi connectivity index (χ0v) is 14.9. The van der Waals surface area contributed by atoms with Crippen LogP contribution in [0.15, 0.2) is 72.8 Å². The molecule has 3 rings (SSSR count). The van der Waals surface area contributed by atoms with E-state index in [1.165, 1.54) is 0 Å². The highest BCUT2D eigenvalue weighted by molar-refractivity contribution is 6.28. The van der Waals surface area contributed by atoms with E-state index in [2.05, 4.69) is 39.2 Å². The van der Waals surface area contributed by atoms with Gasteiger partial charge in [-0.15, -0.1) is 0 Å². The van der Waals surface area contributed by atoms with Crippen molar-refractivity contribution in [3.8, 4) is 22.5 Å². The summed E-state index contributed by atoms with van der Waals surface area (Å²) in [7, 11) is 0. The Balaban J connectivity index is 2.07. The molecular weight excluding hydrogens is 330 g/mol. The van der Waals surface area contributed by atoms with E-state index < -0.39 is 0 Å². The van der Waals surface area contributed by atoms with Crippen molar-refractivity contribution in [3.05, 3.63) is 83.9 Å². The highest BCUT2D eigenvalue weighted by Gasteiger charge is 2.10. The molecule has 0 N–H and O–H groups in total. The van der Waals surface area contributed by atoms with Crippen molar-refractivity contribution < 1.29 is 0 Å². The molecule has 0 spiro atoms. The lowest BCUT2D eigenvalue weighted by molar-refractivity contribution is 1.03. The Morgan fingerprint density at radius 2 is 1.56 bits per heavy atom. The Morgan fingerprint density at radius 3 is 2.28 bits per heavy atom. The summed E-state index contributed by atoms with van der Waals surface area (Å²) in [5.41, 5.74) is 4.07. The van der Waals surface area contributed by atoms with Gasteiger partial charge in [-0.3, -0.25) is 0 Å². The maximum Gasteiger partial charge on any atom is 0.226 e. The molecule has 0 aliphatic carbocycles. The fourth-order valence-electron chi connectivity index (χ4n) is 2.56. The van der Waals surface area contributed by atoms with E-state index in [1.807, 2.05) is 62.4 Å². The molecule has 25 heavy (non-hydrogen) atoms. The molecule has 4 heteroatoms. The lowest BCUT2D eigenvalue weighted by atomic mass is 10.0. The highest BCUT2D eigenvalue weighted by atomic mass is 35.5. The average molecular weight is 348 g/mol. The molecule has 3 nitrogen and oxygen atoms in total. The summed E-state index contributed by atoms with van der Waals surface area (Å²) < 4.78 is 0. The molecule has 0 bridgehead atoms. The van der Waals surface area contributed by atoms with Crippen LogP contribution < -0.4 is 0 Å². The lowest BCUT2D eigenvalue weighted by Gasteiger charge is -2.07. The van der Waals surface area contributed by atoms with E-state index in [1.54, 1.807) is 0 Å². The zero-order valence-electron chi connectivity index (χ0n) is 14.1. The number of hydrogen-bond donors (Lipinski definition) is 0. The summed E-state index contributed by atoms with van der Waals surface area (Å²) >= 11 is 6.14. The average Bonchev–Trinajstić information content (AvgIpc) is 2.66. The second-order valence-electron chi connectivity index (χ2n) is 5.44. The van der Waals surface area contributed by atoms with Gasteiger partial charge < -0.3 is 0 Å². The predicted molar refractivity (Wildman–Crippen MR) is 104 cm³/mol. The number of nitrogens with zero attached hydrogens (tertiary/aromatic N) is 3. The van der Waals surface area contributed by atoms with Crippen LogP contribution in [0.1, 0.15) is 19.7 Å². The summed E-state index contributed by atoms with van der Waals surface area (Å²) in [6.07, 6.45) is 5.86. The fourth-order valence-corrected chi connectivity index (χ4v) is 2.72. The second kappa shape index (κ2) is 7.86. The van der Waals surface area contributed by atoms with E-state index in [9.17, 15) is 0 Å². The molecule has 1 aromatic heterocycles. The van der Waals surface area contributed by atoms with E-state index in [0.29, 0.717) is 11.6 Å². The predicted octanol–water partition coefficient (Wildman–Crippen LogP) is 5.84. The first kappa shape index (κ1) is 17.1. The molecular formula is C21H18ClN3. The Morgan fingerprint density at radius 1 is 0.840 bits per heavy atom. The topological polar surface area (TPSA) is 38.7 Å². The van der Waals surface area contributed by atoms with Crippen molar-refractivity contribution in [2.45, 2.75) is 13.8 Å². The minimum Gasteiger partial charge on any atom is -0.208 e. The van der Waals surface area contributed by atoms with Crippen LogP contribution in [0.3, 0.4) is 0 Å². The maximum absolute atomic E-state index is 6.14. The van der Waals surface area contributed by atoms with Gasteiger partial charge in [0, 0.05) is 11.1 Å². The number of hydrogen-bond acceptors (Lipinski definition) is 3. The van der Waals surface area contributed by atoms with Crippen molar-refractivity contribution in [2.24, 2.45) is 0 Å². The number of allylic oxidation sites excluding steroid dienone is 4. The number of aromatic nitrogens is 3. The molecule has 0 aliphatic heterocycles. The number of benzene rings is 2. The Bertz CT molecular complexity index is 931. The van der Waals surface area contributed by atoms with Crippen molar-refractivity contribution in [3.63, 3.8) is 0 Å². The molecule has 2 aromatic carbocycles. The molecule has 0 atom stereocenters. The van der Waals surface area contributed by atoms with Crippen LogP contribution in [-0.2, 0) is 0 Å². The largest absolute Gasteiger partial charge is 0.226 e. The molecule has 1 heterocycles. The van der Waals surface area contributed by atoms with Gasteiger partial charge in [0.05, 0.1) is 0 Å². The van der Waals surface area contributed by atoms with E-state index in [4.69, 9.17) is 11.6 Å². The van der Waals surface area contributed by atoms with E-state index in [0.717, 1.165) is 22.3 Å². The Labute approximate surface area is 152 Å². The number of rotatable bonds is 4. The molecule has 124 valence electrons. The minimum atomic E-state index is 0.189. The third-order valence-corrected chi connectivity index (χ3v) is 3.92. The fraction of sp³-hybridized carbons (Fsp3) is 0.0952. The van der Waals surface area contributed by atoms with Gasteiger partial charge in [0.25, 0.3) is 0 Å². The van der Waals surface area contributed by atoms with Crippen LogP contribution in [0.25, 0.3) is 28.1 Å². The van der Waals surface area contributed by atoms with Crippen molar-refractivity contribution in [1.82, 2.24) is 15.0 Å². The molecule has 0 radical (unpaired) electrons. The summed E-state index contributed by atoms with van der Waals surface area (Å²) in [4.78, 5) is 13.2. The van der Waals surface area contributed by atoms with Crippen LogP contribution in [0.2, 0.25) is 5.28 Å². The quantitative estimate of drug-likeness (QED) is 0.556. The molecule has 0 saturated heterocycles. The second-order valence-corrected chi connectivity index (χ2v) is 5.78. The lowest BCUT2D eigenvalue weighted by Crippen LogP contribution is -1.99. The van der Waals surface area contributed by atoms with Crippen LogP contribution in [0.4, 0.5) is 0 Å². The Hall–Kier alpha value is -2.78. The van der Waals surface area contributed by atoms with Gasteiger partial charge >= 0.3 is 0 Å². The van der Waals surface area contributed by atoms with Crippen LogP contribution >= 0.6 is 11.6 Å². The van der Waals surface area contributed by atoms with Gasteiger partial charge in [0.2, 0.25) is 5.28 Å². The standard InChI is InChI=1S/C21H18ClN3/c1-3-9-15(4-2)19-23-20(25-21(22)24-19)18-13-8-12-17(14-18)16-10-6-5-7-11-16/h3-14H,1-2H3/b9-3-,15-4+. The third-order valence-electron chi connectivity index (χ3n) is 3.75. The van der Waals surface area contributed by atoms with Gasteiger partial charge in [0.15, 0.2) is 11.6 Å². The first-order valence-corrected chi connectivity index (χ1v) is 8.46. The maximum atomic E-state index is 6.14. The minimum absolute atomic E-state index is 0.189. The van der Waals surface area contributed by atoms with Crippen LogP contribution in [0, 0.1) is 0 Å². The van der Waals surface area contributed by atoms with Gasteiger partial charge in [-0.1, -0.05) is 66.8 Å². The molecule has 3 aromatic rings. The monoisotopic (exact) mass is 347 g/mol. The van der Waals surface area contributed by atoms with Crippen molar-refractivity contribution in [1.29, 1.82) is 0 Å². The first-order valence-electron chi connectivity index (χ1n) is 8.08. The summed E-state index contributed by atoms with van der Waals surface area (Å²) in [6, 6.07) is 18.3. The Kier molecular flexibility index (Phi) is 5.36. The van der Waals surface area contributed by atoms with E-state index >= 15 is 0 Å². The van der Waals surface area contributed by atoms with Gasteiger partial charge in [-0.25, -0.2) is 4.98 Å². The van der Waals surface area contributed by atoms with Gasteiger partial charge in [0.1, 0.15) is 0 Å². The van der Waals surface area contributed by atoms with E-state index in [-0.39, 0.29) is 5.28 Å². The van der Waals surface area contributed by atoms with Crippen LogP contribution in [-0.4, -0.2) is 15.0 Å². The molecule has 0 unspecified atom stereocenters. The highest BCUT2D eigenvalue weighted by Crippen LogP contribution is 2.25. The molecule has 0 aliphatic rings. The third kappa shape index (κ3) is 4.01. The van der Waals surface area contributed by atoms with Crippen molar-refractivity contribution in [2.75, 3.05) is 0 Å².